The SMILES string of the molecule is Cc1ccc(C(N)CCCl)cc1. The topological polar surface area (TPSA) is 26.0 Å². The summed E-state index contributed by atoms with van der Waals surface area (Å²) < 4.78 is 0. The highest BCUT2D eigenvalue weighted by Crippen LogP contribution is 2.14. The van der Waals surface area contributed by atoms with Gasteiger partial charge < -0.3 is 5.73 Å². The Morgan fingerprint density at radius 2 is 1.92 bits per heavy atom. The van der Waals surface area contributed by atoms with Crippen LogP contribution in [0.5, 0.6) is 0 Å². The van der Waals surface area contributed by atoms with Crippen molar-refractivity contribution in [3.05, 3.63) is 35.4 Å². The maximum absolute atomic E-state index is 5.87. The second-order valence-corrected chi connectivity index (χ2v) is 3.37. The fraction of sp³-hybridized carbons (Fsp3) is 0.400. The van der Waals surface area contributed by atoms with E-state index in [9.17, 15) is 0 Å². The predicted molar refractivity (Wildman–Crippen MR) is 53.4 cm³/mol. The van der Waals surface area contributed by atoms with Crippen molar-refractivity contribution in [2.24, 2.45) is 5.73 Å². The number of rotatable bonds is 3. The van der Waals surface area contributed by atoms with Crippen molar-refractivity contribution in [2.45, 2.75) is 19.4 Å². The molecule has 1 aromatic carbocycles. The Kier molecular flexibility index (Phi) is 3.57. The van der Waals surface area contributed by atoms with Gasteiger partial charge in [-0.1, -0.05) is 29.8 Å². The molecule has 1 unspecified atom stereocenters. The highest BCUT2D eigenvalue weighted by atomic mass is 35.5. The Labute approximate surface area is 78.5 Å². The molecule has 1 nitrogen and oxygen atoms in total. The standard InChI is InChI=1S/C10H14ClN/c1-8-2-4-9(5-3-8)10(12)6-7-11/h2-5,10H,6-7,12H2,1H3. The van der Waals surface area contributed by atoms with Crippen molar-refractivity contribution in [3.63, 3.8) is 0 Å². The van der Waals surface area contributed by atoms with Gasteiger partial charge >= 0.3 is 0 Å². The van der Waals surface area contributed by atoms with Crippen LogP contribution in [0.1, 0.15) is 23.6 Å². The highest BCUT2D eigenvalue weighted by Gasteiger charge is 2.03. The van der Waals surface area contributed by atoms with Crippen LogP contribution in [-0.2, 0) is 0 Å². The van der Waals surface area contributed by atoms with Crippen LogP contribution in [0.3, 0.4) is 0 Å². The molecule has 0 bridgehead atoms. The van der Waals surface area contributed by atoms with Gasteiger partial charge in [0.05, 0.1) is 0 Å². The maximum atomic E-state index is 5.87. The number of aryl methyl sites for hydroxylation is 1. The van der Waals surface area contributed by atoms with Gasteiger partial charge in [-0.15, -0.1) is 11.6 Å². The minimum Gasteiger partial charge on any atom is -0.324 e. The number of nitrogens with two attached hydrogens (primary N) is 1. The van der Waals surface area contributed by atoms with Gasteiger partial charge in [0.2, 0.25) is 0 Å². The third-order valence-electron chi connectivity index (χ3n) is 1.93. The summed E-state index contributed by atoms with van der Waals surface area (Å²) in [7, 11) is 0. The van der Waals surface area contributed by atoms with E-state index in [-0.39, 0.29) is 6.04 Å². The molecule has 1 atom stereocenters. The molecule has 0 amide bonds. The number of halogens is 1. The molecule has 1 aromatic rings. The van der Waals surface area contributed by atoms with E-state index >= 15 is 0 Å². The summed E-state index contributed by atoms with van der Waals surface area (Å²) in [5.41, 5.74) is 8.30. The molecule has 0 radical (unpaired) electrons. The van der Waals surface area contributed by atoms with Crippen molar-refractivity contribution in [2.75, 3.05) is 5.88 Å². The molecule has 0 aliphatic rings. The van der Waals surface area contributed by atoms with E-state index in [0.29, 0.717) is 5.88 Å². The van der Waals surface area contributed by atoms with Crippen molar-refractivity contribution >= 4 is 11.6 Å². The van der Waals surface area contributed by atoms with E-state index in [1.165, 1.54) is 11.1 Å². The van der Waals surface area contributed by atoms with Crippen molar-refractivity contribution in [1.29, 1.82) is 0 Å². The monoisotopic (exact) mass is 183 g/mol. The van der Waals surface area contributed by atoms with Gasteiger partial charge in [0.25, 0.3) is 0 Å². The molecule has 1 rings (SSSR count). The lowest BCUT2D eigenvalue weighted by Gasteiger charge is -2.09. The zero-order chi connectivity index (χ0) is 8.97. The summed E-state index contributed by atoms with van der Waals surface area (Å²) in [5.74, 6) is 0.620. The molecule has 2 heteroatoms. The van der Waals surface area contributed by atoms with Gasteiger partial charge in [-0.25, -0.2) is 0 Å². The second kappa shape index (κ2) is 4.48. The largest absolute Gasteiger partial charge is 0.324 e. The lowest BCUT2D eigenvalue weighted by molar-refractivity contribution is 0.703. The zero-order valence-corrected chi connectivity index (χ0v) is 8.01. The first-order valence-electron chi connectivity index (χ1n) is 4.12. The number of alkyl halides is 1. The minimum atomic E-state index is 0.0862. The van der Waals surface area contributed by atoms with Crippen LogP contribution in [-0.4, -0.2) is 5.88 Å². The normalized spacial score (nSPS) is 12.9. The molecule has 0 saturated heterocycles. The Hall–Kier alpha value is -0.530. The first-order valence-corrected chi connectivity index (χ1v) is 4.65. The minimum absolute atomic E-state index is 0.0862. The van der Waals surface area contributed by atoms with Crippen LogP contribution in [0.4, 0.5) is 0 Å². The van der Waals surface area contributed by atoms with Crippen LogP contribution >= 0.6 is 11.6 Å². The Balaban J connectivity index is 2.68. The average Bonchev–Trinajstić information content (AvgIpc) is 2.06. The molecule has 0 aliphatic heterocycles. The van der Waals surface area contributed by atoms with Crippen molar-refractivity contribution in [3.8, 4) is 0 Å². The van der Waals surface area contributed by atoms with Crippen LogP contribution in [0.25, 0.3) is 0 Å². The van der Waals surface area contributed by atoms with Crippen LogP contribution in [0.2, 0.25) is 0 Å². The van der Waals surface area contributed by atoms with E-state index < -0.39 is 0 Å². The van der Waals surface area contributed by atoms with E-state index in [1.807, 2.05) is 0 Å². The fourth-order valence-electron chi connectivity index (χ4n) is 1.10. The quantitative estimate of drug-likeness (QED) is 0.717. The third-order valence-corrected chi connectivity index (χ3v) is 2.14. The molecule has 12 heavy (non-hydrogen) atoms. The first kappa shape index (κ1) is 9.56. The van der Waals surface area contributed by atoms with E-state index in [1.54, 1.807) is 0 Å². The molecule has 66 valence electrons. The van der Waals surface area contributed by atoms with Gasteiger partial charge in [-0.05, 0) is 18.9 Å². The molecule has 0 saturated carbocycles. The summed E-state index contributed by atoms with van der Waals surface area (Å²) >= 11 is 5.60. The number of hydrogen-bond donors (Lipinski definition) is 1. The van der Waals surface area contributed by atoms with E-state index in [0.717, 1.165) is 6.42 Å². The molecular formula is C10H14ClN. The molecule has 0 aromatic heterocycles. The number of benzene rings is 1. The maximum Gasteiger partial charge on any atom is 0.0306 e. The zero-order valence-electron chi connectivity index (χ0n) is 7.26. The first-order chi connectivity index (χ1) is 5.74. The van der Waals surface area contributed by atoms with Crippen LogP contribution in [0.15, 0.2) is 24.3 Å². The van der Waals surface area contributed by atoms with E-state index in [2.05, 4.69) is 31.2 Å². The fourth-order valence-corrected chi connectivity index (χ4v) is 1.33. The van der Waals surface area contributed by atoms with Crippen molar-refractivity contribution < 1.29 is 0 Å². The Morgan fingerprint density at radius 1 is 1.33 bits per heavy atom. The van der Waals surface area contributed by atoms with Gasteiger partial charge in [0, 0.05) is 11.9 Å². The smallest absolute Gasteiger partial charge is 0.0306 e. The van der Waals surface area contributed by atoms with Gasteiger partial charge in [0.15, 0.2) is 0 Å². The lowest BCUT2D eigenvalue weighted by Crippen LogP contribution is -2.10. The van der Waals surface area contributed by atoms with Gasteiger partial charge in [-0.2, -0.15) is 0 Å². The Bertz CT molecular complexity index is 230. The Morgan fingerprint density at radius 3 is 2.42 bits per heavy atom. The molecule has 2 N–H and O–H groups in total. The van der Waals surface area contributed by atoms with Gasteiger partial charge in [-0.3, -0.25) is 0 Å². The predicted octanol–water partition coefficient (Wildman–Crippen LogP) is 2.62. The van der Waals surface area contributed by atoms with Crippen molar-refractivity contribution in [1.82, 2.24) is 0 Å². The summed E-state index contributed by atoms with van der Waals surface area (Å²) in [5, 5.41) is 0. The molecule has 0 aliphatic carbocycles. The summed E-state index contributed by atoms with van der Waals surface area (Å²) in [6.07, 6.45) is 0.838. The second-order valence-electron chi connectivity index (χ2n) is 2.99. The molecular weight excluding hydrogens is 170 g/mol. The van der Waals surface area contributed by atoms with Crippen LogP contribution < -0.4 is 5.73 Å². The summed E-state index contributed by atoms with van der Waals surface area (Å²) in [4.78, 5) is 0. The average molecular weight is 184 g/mol. The van der Waals surface area contributed by atoms with Crippen LogP contribution in [0, 0.1) is 6.92 Å². The highest BCUT2D eigenvalue weighted by molar-refractivity contribution is 6.17. The number of hydrogen-bond acceptors (Lipinski definition) is 1. The lowest BCUT2D eigenvalue weighted by atomic mass is 10.0. The molecule has 0 fully saturated rings. The van der Waals surface area contributed by atoms with Gasteiger partial charge in [0.1, 0.15) is 0 Å². The molecule has 0 spiro atoms. The summed E-state index contributed by atoms with van der Waals surface area (Å²) in [6.45, 7) is 2.07. The van der Waals surface area contributed by atoms with E-state index in [4.69, 9.17) is 17.3 Å². The molecule has 0 heterocycles. The summed E-state index contributed by atoms with van der Waals surface area (Å²) in [6, 6.07) is 8.36. The third kappa shape index (κ3) is 2.50.